The van der Waals surface area contributed by atoms with Crippen molar-refractivity contribution in [2.24, 2.45) is 5.92 Å². The Bertz CT molecular complexity index is 651. The van der Waals surface area contributed by atoms with Crippen LogP contribution >= 0.6 is 0 Å². The molecule has 0 amide bonds. The van der Waals surface area contributed by atoms with Crippen LogP contribution in [0.25, 0.3) is 0 Å². The van der Waals surface area contributed by atoms with Crippen LogP contribution in [0.15, 0.2) is 46.2 Å². The Balaban J connectivity index is 1.81. The smallest absolute Gasteiger partial charge is 0.313 e. The van der Waals surface area contributed by atoms with E-state index in [-0.39, 0.29) is 23.9 Å². The maximum atomic E-state index is 14.0. The summed E-state index contributed by atoms with van der Waals surface area (Å²) in [5.74, 6) is -0.205. The number of hydrogen-bond donors (Lipinski definition) is 2. The lowest BCUT2D eigenvalue weighted by Gasteiger charge is -2.19. The minimum atomic E-state index is -1.22. The lowest BCUT2D eigenvalue weighted by molar-refractivity contribution is 0.366. The zero-order chi connectivity index (χ0) is 14.1. The quantitative estimate of drug-likeness (QED) is 0.877. The van der Waals surface area contributed by atoms with E-state index in [1.807, 2.05) is 6.08 Å². The predicted octanol–water partition coefficient (Wildman–Crippen LogP) is 3.10. The average Bonchev–Trinajstić information content (AvgIpc) is 3.00. The van der Waals surface area contributed by atoms with Gasteiger partial charge in [-0.3, -0.25) is 0 Å². The number of halogens is 2. The Morgan fingerprint density at radius 2 is 2.25 bits per heavy atom. The Morgan fingerprint density at radius 3 is 2.95 bits per heavy atom. The van der Waals surface area contributed by atoms with Crippen LogP contribution in [-0.4, -0.2) is 16.1 Å². The summed E-state index contributed by atoms with van der Waals surface area (Å²) in [6, 6.07) is 0. The van der Waals surface area contributed by atoms with E-state index in [4.69, 9.17) is 0 Å². The van der Waals surface area contributed by atoms with Gasteiger partial charge < -0.3 is 9.97 Å². The maximum absolute atomic E-state index is 14.0. The summed E-state index contributed by atoms with van der Waals surface area (Å²) in [4.78, 5) is 16.4. The molecule has 0 fully saturated rings. The van der Waals surface area contributed by atoms with Crippen molar-refractivity contribution >= 4 is 0 Å². The second kappa shape index (κ2) is 5.23. The van der Waals surface area contributed by atoms with Crippen LogP contribution in [0.1, 0.15) is 25.0 Å². The topological polar surface area (TPSA) is 48.6 Å². The summed E-state index contributed by atoms with van der Waals surface area (Å²) in [5, 5.41) is 0. The van der Waals surface area contributed by atoms with Gasteiger partial charge >= 0.3 is 5.69 Å². The van der Waals surface area contributed by atoms with Gasteiger partial charge in [0.1, 0.15) is 12.0 Å². The molecule has 1 heterocycles. The minimum Gasteiger partial charge on any atom is -0.313 e. The highest BCUT2D eigenvalue weighted by Gasteiger charge is 2.26. The molecule has 0 radical (unpaired) electrons. The van der Waals surface area contributed by atoms with Crippen molar-refractivity contribution in [3.05, 3.63) is 57.6 Å². The number of H-pyrrole nitrogens is 2. The van der Waals surface area contributed by atoms with Crippen molar-refractivity contribution in [2.45, 2.75) is 31.9 Å². The molecule has 0 aliphatic heterocycles. The first-order valence-electron chi connectivity index (χ1n) is 6.81. The maximum Gasteiger partial charge on any atom is 0.323 e. The van der Waals surface area contributed by atoms with E-state index in [1.165, 1.54) is 6.08 Å². The molecule has 0 saturated carbocycles. The number of nitrogens with one attached hydrogen (secondary N) is 2. The van der Waals surface area contributed by atoms with Crippen LogP contribution < -0.4 is 5.69 Å². The molecule has 2 aliphatic rings. The molecule has 5 heteroatoms. The highest BCUT2D eigenvalue weighted by atomic mass is 19.1. The van der Waals surface area contributed by atoms with Crippen molar-refractivity contribution < 1.29 is 8.78 Å². The molecular weight excluding hydrogens is 262 g/mol. The van der Waals surface area contributed by atoms with Crippen LogP contribution in [0.3, 0.4) is 0 Å². The third kappa shape index (κ3) is 2.53. The standard InChI is InChI=1S/C15H16F2N2O/c16-10-4-5-13(14(17)7-10)12-3-1-2-9(12)6-11-8-18-15(20)19-11/h3-5,8-10H,1-2,6-7H2,(H2,18,19,20). The number of imidazole rings is 1. The second-order valence-electron chi connectivity index (χ2n) is 5.30. The monoisotopic (exact) mass is 278 g/mol. The van der Waals surface area contributed by atoms with E-state index in [1.54, 1.807) is 12.3 Å². The largest absolute Gasteiger partial charge is 0.323 e. The van der Waals surface area contributed by atoms with Crippen molar-refractivity contribution in [3.8, 4) is 0 Å². The van der Waals surface area contributed by atoms with Gasteiger partial charge in [0.2, 0.25) is 0 Å². The predicted molar refractivity (Wildman–Crippen MR) is 72.7 cm³/mol. The minimum absolute atomic E-state index is 0.169. The molecule has 1 aromatic rings. The number of alkyl halides is 1. The molecule has 0 spiro atoms. The first-order chi connectivity index (χ1) is 9.63. The fraction of sp³-hybridized carbons (Fsp3) is 0.400. The van der Waals surface area contributed by atoms with Crippen LogP contribution in [0.4, 0.5) is 8.78 Å². The van der Waals surface area contributed by atoms with Gasteiger partial charge in [-0.25, -0.2) is 13.6 Å². The van der Waals surface area contributed by atoms with Gasteiger partial charge in [-0.15, -0.1) is 0 Å². The van der Waals surface area contributed by atoms with E-state index in [9.17, 15) is 13.6 Å². The SMILES string of the molecule is O=c1[nH]cc(CC2CCC=C2C2=C(F)CC(F)C=C2)[nH]1. The van der Waals surface area contributed by atoms with Crippen molar-refractivity contribution in [1.29, 1.82) is 0 Å². The fourth-order valence-electron chi connectivity index (χ4n) is 2.94. The molecule has 0 bridgehead atoms. The first kappa shape index (κ1) is 13.1. The zero-order valence-electron chi connectivity index (χ0n) is 11.0. The Morgan fingerprint density at radius 1 is 1.40 bits per heavy atom. The molecule has 1 aromatic heterocycles. The molecule has 20 heavy (non-hydrogen) atoms. The van der Waals surface area contributed by atoms with Crippen molar-refractivity contribution in [2.75, 3.05) is 0 Å². The van der Waals surface area contributed by atoms with Gasteiger partial charge in [0, 0.05) is 23.9 Å². The van der Waals surface area contributed by atoms with Crippen molar-refractivity contribution in [1.82, 2.24) is 9.97 Å². The molecule has 0 saturated heterocycles. The van der Waals surface area contributed by atoms with E-state index in [2.05, 4.69) is 9.97 Å². The molecular formula is C15H16F2N2O. The number of rotatable bonds is 3. The lowest BCUT2D eigenvalue weighted by Crippen LogP contribution is -2.11. The van der Waals surface area contributed by atoms with Gasteiger partial charge in [-0.2, -0.15) is 0 Å². The third-order valence-electron chi connectivity index (χ3n) is 3.89. The summed E-state index contributed by atoms with van der Waals surface area (Å²) in [6.45, 7) is 0. The third-order valence-corrected chi connectivity index (χ3v) is 3.89. The summed E-state index contributed by atoms with van der Waals surface area (Å²) < 4.78 is 27.1. The second-order valence-corrected chi connectivity index (χ2v) is 5.30. The number of aromatic amines is 2. The summed E-state index contributed by atoms with van der Waals surface area (Å²) in [6.07, 6.45) is 7.71. The zero-order valence-corrected chi connectivity index (χ0v) is 11.0. The molecule has 2 atom stereocenters. The van der Waals surface area contributed by atoms with Crippen LogP contribution in [-0.2, 0) is 6.42 Å². The van der Waals surface area contributed by atoms with Gasteiger partial charge in [-0.1, -0.05) is 12.2 Å². The van der Waals surface area contributed by atoms with Gasteiger partial charge in [0.15, 0.2) is 0 Å². The van der Waals surface area contributed by atoms with Gasteiger partial charge in [0.25, 0.3) is 0 Å². The molecule has 2 N–H and O–H groups in total. The Kier molecular flexibility index (Phi) is 3.42. The highest BCUT2D eigenvalue weighted by Crippen LogP contribution is 2.38. The first-order valence-corrected chi connectivity index (χ1v) is 6.81. The molecule has 3 nitrogen and oxygen atoms in total. The summed E-state index contributed by atoms with van der Waals surface area (Å²) in [5.41, 5.74) is 2.05. The van der Waals surface area contributed by atoms with E-state index >= 15 is 0 Å². The molecule has 0 aromatic carbocycles. The lowest BCUT2D eigenvalue weighted by atomic mass is 9.88. The highest BCUT2D eigenvalue weighted by molar-refractivity contribution is 5.47. The number of allylic oxidation sites excluding steroid dienone is 6. The molecule has 3 rings (SSSR count). The molecule has 2 unspecified atom stereocenters. The van der Waals surface area contributed by atoms with Crippen LogP contribution in [0, 0.1) is 5.92 Å². The van der Waals surface area contributed by atoms with Crippen LogP contribution in [0.5, 0.6) is 0 Å². The van der Waals surface area contributed by atoms with E-state index < -0.39 is 6.17 Å². The number of hydrogen-bond acceptors (Lipinski definition) is 1. The summed E-state index contributed by atoms with van der Waals surface area (Å²) in [7, 11) is 0. The Labute approximate surface area is 115 Å². The van der Waals surface area contributed by atoms with E-state index in [0.29, 0.717) is 12.0 Å². The van der Waals surface area contributed by atoms with Gasteiger partial charge in [0.05, 0.1) is 0 Å². The van der Waals surface area contributed by atoms with Gasteiger partial charge in [-0.05, 0) is 36.8 Å². The Hall–Kier alpha value is -1.91. The number of aromatic nitrogens is 2. The molecule has 2 aliphatic carbocycles. The summed E-state index contributed by atoms with van der Waals surface area (Å²) >= 11 is 0. The fourth-order valence-corrected chi connectivity index (χ4v) is 2.94. The normalized spacial score (nSPS) is 26.2. The van der Waals surface area contributed by atoms with E-state index in [0.717, 1.165) is 24.1 Å². The average molecular weight is 278 g/mol. The van der Waals surface area contributed by atoms with Crippen molar-refractivity contribution in [3.63, 3.8) is 0 Å². The molecule has 106 valence electrons. The van der Waals surface area contributed by atoms with Crippen LogP contribution in [0.2, 0.25) is 0 Å².